The summed E-state index contributed by atoms with van der Waals surface area (Å²) in [6.07, 6.45) is 4.84. The molecule has 0 saturated carbocycles. The van der Waals surface area contributed by atoms with Gasteiger partial charge in [-0.05, 0) is 24.5 Å². The minimum absolute atomic E-state index is 0.197. The summed E-state index contributed by atoms with van der Waals surface area (Å²) in [5.74, 6) is -0.0432. The van der Waals surface area contributed by atoms with Crippen molar-refractivity contribution < 1.29 is 4.39 Å². The highest BCUT2D eigenvalue weighted by Gasteiger charge is 2.13. The van der Waals surface area contributed by atoms with Gasteiger partial charge in [0.1, 0.15) is 5.82 Å². The number of halogens is 1. The van der Waals surface area contributed by atoms with E-state index < -0.39 is 5.82 Å². The number of aromatic nitrogens is 5. The molecule has 0 N–H and O–H groups in total. The summed E-state index contributed by atoms with van der Waals surface area (Å²) in [6, 6.07) is 7.83. The molecule has 4 aromatic rings. The van der Waals surface area contributed by atoms with Crippen LogP contribution in [0.25, 0.3) is 22.4 Å². The highest BCUT2D eigenvalue weighted by atomic mass is 32.2. The quantitative estimate of drug-likeness (QED) is 0.529. The maximum Gasteiger partial charge on any atom is 0.266 e. The first-order valence-corrected chi connectivity index (χ1v) is 7.97. The van der Waals surface area contributed by atoms with Gasteiger partial charge in [-0.1, -0.05) is 23.9 Å². The summed E-state index contributed by atoms with van der Waals surface area (Å²) in [5, 5.41) is 5.22. The monoisotopic (exact) mass is 327 g/mol. The lowest BCUT2D eigenvalue weighted by molar-refractivity contribution is 0.616. The van der Waals surface area contributed by atoms with Crippen LogP contribution in [-0.2, 0) is 0 Å². The molecule has 4 rings (SSSR count). The van der Waals surface area contributed by atoms with Crippen molar-refractivity contribution in [3.05, 3.63) is 58.9 Å². The summed E-state index contributed by atoms with van der Waals surface area (Å²) in [6.45, 7) is 0. The van der Waals surface area contributed by atoms with Crippen molar-refractivity contribution in [1.82, 2.24) is 24.1 Å². The lowest BCUT2D eigenvalue weighted by Crippen LogP contribution is -2.19. The molecule has 23 heavy (non-hydrogen) atoms. The van der Waals surface area contributed by atoms with Crippen LogP contribution in [0.3, 0.4) is 0 Å². The number of thioether (sulfide) groups is 1. The molecule has 0 unspecified atom stereocenters. The average molecular weight is 327 g/mol. The SMILES string of the molecule is CSc1nc2ncc3c(=O)n(-c4ccccc4F)ccc3n2n1. The standard InChI is InChI=1S/C15H10FN5OS/c1-23-15-18-14-17-8-9-11(21(14)19-15)6-7-20(13(9)22)12-5-3-2-4-10(12)16/h2-8H,1H3. The van der Waals surface area contributed by atoms with Crippen molar-refractivity contribution in [2.45, 2.75) is 5.16 Å². The topological polar surface area (TPSA) is 65.1 Å². The minimum atomic E-state index is -0.464. The Hall–Kier alpha value is -2.74. The predicted molar refractivity (Wildman–Crippen MR) is 85.6 cm³/mol. The molecule has 0 saturated heterocycles. The maximum atomic E-state index is 14.0. The van der Waals surface area contributed by atoms with Crippen molar-refractivity contribution >= 4 is 28.4 Å². The van der Waals surface area contributed by atoms with E-state index in [9.17, 15) is 9.18 Å². The molecule has 0 bridgehead atoms. The Balaban J connectivity index is 2.04. The molecule has 1 aromatic carbocycles. The fourth-order valence-electron chi connectivity index (χ4n) is 2.42. The number of hydrogen-bond donors (Lipinski definition) is 0. The summed E-state index contributed by atoms with van der Waals surface area (Å²) in [5.41, 5.74) is 0.423. The van der Waals surface area contributed by atoms with Gasteiger partial charge < -0.3 is 0 Å². The van der Waals surface area contributed by atoms with Crippen molar-refractivity contribution in [2.24, 2.45) is 0 Å². The summed E-state index contributed by atoms with van der Waals surface area (Å²) < 4.78 is 16.7. The van der Waals surface area contributed by atoms with E-state index in [1.807, 2.05) is 6.26 Å². The van der Waals surface area contributed by atoms with Crippen molar-refractivity contribution in [3.8, 4) is 5.69 Å². The normalized spacial score (nSPS) is 11.4. The predicted octanol–water partition coefficient (Wildman–Crippen LogP) is 2.29. The largest absolute Gasteiger partial charge is 0.281 e. The zero-order valence-electron chi connectivity index (χ0n) is 12.0. The molecule has 0 aliphatic heterocycles. The molecule has 0 fully saturated rings. The number of para-hydroxylation sites is 1. The van der Waals surface area contributed by atoms with Crippen LogP contribution in [0.2, 0.25) is 0 Å². The Labute approximate surface area is 133 Å². The number of hydrogen-bond acceptors (Lipinski definition) is 5. The first-order valence-electron chi connectivity index (χ1n) is 6.75. The Kier molecular flexibility index (Phi) is 3.12. The molecule has 6 nitrogen and oxygen atoms in total. The van der Waals surface area contributed by atoms with Gasteiger partial charge in [0, 0.05) is 12.4 Å². The van der Waals surface area contributed by atoms with Crippen LogP contribution < -0.4 is 5.56 Å². The smallest absolute Gasteiger partial charge is 0.266 e. The molecule has 0 atom stereocenters. The van der Waals surface area contributed by atoms with Gasteiger partial charge in [0.2, 0.25) is 5.16 Å². The first-order chi connectivity index (χ1) is 11.2. The van der Waals surface area contributed by atoms with Crippen LogP contribution >= 0.6 is 11.8 Å². The number of pyridine rings is 1. The molecule has 3 aromatic heterocycles. The summed E-state index contributed by atoms with van der Waals surface area (Å²) in [7, 11) is 0. The third-order valence-electron chi connectivity index (χ3n) is 3.51. The third kappa shape index (κ3) is 2.10. The number of rotatable bonds is 2. The Bertz CT molecular complexity index is 1100. The van der Waals surface area contributed by atoms with E-state index in [4.69, 9.17) is 0 Å². The fraction of sp³-hybridized carbons (Fsp3) is 0.0667. The molecular weight excluding hydrogens is 317 g/mol. The zero-order valence-corrected chi connectivity index (χ0v) is 12.8. The van der Waals surface area contributed by atoms with Crippen LogP contribution in [0.1, 0.15) is 0 Å². The second-order valence-corrected chi connectivity index (χ2v) is 5.58. The van der Waals surface area contributed by atoms with E-state index in [1.165, 1.54) is 39.3 Å². The lowest BCUT2D eigenvalue weighted by Gasteiger charge is -2.08. The van der Waals surface area contributed by atoms with Gasteiger partial charge >= 0.3 is 0 Å². The van der Waals surface area contributed by atoms with Crippen LogP contribution in [0, 0.1) is 5.82 Å². The number of benzene rings is 1. The molecule has 0 aliphatic carbocycles. The van der Waals surface area contributed by atoms with Gasteiger partial charge in [0.25, 0.3) is 11.3 Å². The minimum Gasteiger partial charge on any atom is -0.281 e. The second kappa shape index (κ2) is 5.17. The van der Waals surface area contributed by atoms with E-state index >= 15 is 0 Å². The Morgan fingerprint density at radius 3 is 2.83 bits per heavy atom. The van der Waals surface area contributed by atoms with Gasteiger partial charge in [0.05, 0.1) is 16.6 Å². The van der Waals surface area contributed by atoms with Crippen molar-refractivity contribution in [3.63, 3.8) is 0 Å². The fourth-order valence-corrected chi connectivity index (χ4v) is 2.76. The summed E-state index contributed by atoms with van der Waals surface area (Å²) >= 11 is 1.39. The average Bonchev–Trinajstić information content (AvgIpc) is 3.00. The third-order valence-corrected chi connectivity index (χ3v) is 4.05. The van der Waals surface area contributed by atoms with E-state index in [2.05, 4.69) is 15.1 Å². The molecule has 0 radical (unpaired) electrons. The van der Waals surface area contributed by atoms with Gasteiger partial charge in [0.15, 0.2) is 0 Å². The van der Waals surface area contributed by atoms with E-state index in [0.717, 1.165) is 0 Å². The van der Waals surface area contributed by atoms with E-state index in [1.54, 1.807) is 24.3 Å². The van der Waals surface area contributed by atoms with Crippen molar-refractivity contribution in [2.75, 3.05) is 6.26 Å². The van der Waals surface area contributed by atoms with E-state index in [0.29, 0.717) is 21.8 Å². The van der Waals surface area contributed by atoms with Gasteiger partial charge in [-0.25, -0.2) is 9.37 Å². The molecule has 114 valence electrons. The first kappa shape index (κ1) is 13.9. The van der Waals surface area contributed by atoms with Crippen LogP contribution in [0.5, 0.6) is 0 Å². The van der Waals surface area contributed by atoms with Gasteiger partial charge in [-0.15, -0.1) is 5.10 Å². The van der Waals surface area contributed by atoms with Crippen LogP contribution in [0.15, 0.2) is 52.7 Å². The van der Waals surface area contributed by atoms with Crippen LogP contribution in [-0.4, -0.2) is 30.4 Å². The molecule has 8 heteroatoms. The summed E-state index contributed by atoms with van der Waals surface area (Å²) in [4.78, 5) is 21.1. The maximum absolute atomic E-state index is 14.0. The van der Waals surface area contributed by atoms with Crippen LogP contribution in [0.4, 0.5) is 4.39 Å². The van der Waals surface area contributed by atoms with Gasteiger partial charge in [-0.3, -0.25) is 9.36 Å². The molecular formula is C15H10FN5OS. The van der Waals surface area contributed by atoms with Crippen molar-refractivity contribution in [1.29, 1.82) is 0 Å². The zero-order chi connectivity index (χ0) is 16.0. The van der Waals surface area contributed by atoms with E-state index in [-0.39, 0.29) is 11.2 Å². The Morgan fingerprint density at radius 1 is 1.22 bits per heavy atom. The molecule has 0 amide bonds. The van der Waals surface area contributed by atoms with Gasteiger partial charge in [-0.2, -0.15) is 9.50 Å². The second-order valence-electron chi connectivity index (χ2n) is 4.81. The highest BCUT2D eigenvalue weighted by molar-refractivity contribution is 7.98. The lowest BCUT2D eigenvalue weighted by atomic mass is 10.2. The molecule has 0 aliphatic rings. The molecule has 3 heterocycles. The molecule has 0 spiro atoms. The number of nitrogens with zero attached hydrogens (tertiary/aromatic N) is 5. The highest BCUT2D eigenvalue weighted by Crippen LogP contribution is 2.16. The Morgan fingerprint density at radius 2 is 2.04 bits per heavy atom. The number of fused-ring (bicyclic) bond motifs is 3.